The number of rotatable bonds is 29. The van der Waals surface area contributed by atoms with Crippen molar-refractivity contribution in [2.45, 2.75) is 240 Å². The van der Waals surface area contributed by atoms with Gasteiger partial charge in [0, 0.05) is 118 Å². The second kappa shape index (κ2) is 52.3. The fourth-order valence-corrected chi connectivity index (χ4v) is 17.9. The molecular weight excluding hydrogens is 1760 g/mol. The fourth-order valence-electron chi connectivity index (χ4n) is 17.0. The number of unbranched alkanes of at least 4 members (excludes halogenated alkanes) is 3. The lowest BCUT2D eigenvalue weighted by molar-refractivity contribution is -0.149. The minimum absolute atomic E-state index is 0.00353. The van der Waals surface area contributed by atoms with E-state index < -0.39 is 204 Å². The van der Waals surface area contributed by atoms with Crippen molar-refractivity contribution >= 4 is 128 Å². The summed E-state index contributed by atoms with van der Waals surface area (Å²) in [7, 11) is 5.56. The first-order valence-corrected chi connectivity index (χ1v) is 47.4. The Bertz CT molecular complexity index is 5060. The van der Waals surface area contributed by atoms with Gasteiger partial charge in [0.15, 0.2) is 0 Å². The van der Waals surface area contributed by atoms with Crippen LogP contribution in [0.3, 0.4) is 0 Å². The predicted molar refractivity (Wildman–Crippen MR) is 504 cm³/mol. The Kier molecular flexibility index (Phi) is 41.1. The third-order valence-corrected chi connectivity index (χ3v) is 25.9. The number of H-pyrrole nitrogens is 3. The zero-order valence-electron chi connectivity index (χ0n) is 77.8. The third-order valence-electron chi connectivity index (χ3n) is 24.8. The van der Waals surface area contributed by atoms with E-state index in [1.807, 2.05) is 26.0 Å². The molecule has 0 spiro atoms. The molecule has 3 fully saturated rings. The van der Waals surface area contributed by atoms with Crippen LogP contribution in [0.15, 0.2) is 97.7 Å². The van der Waals surface area contributed by atoms with E-state index in [4.69, 9.17) is 33.4 Å². The highest BCUT2D eigenvalue weighted by Crippen LogP contribution is 2.28. The van der Waals surface area contributed by atoms with Crippen molar-refractivity contribution < 1.29 is 86.6 Å². The van der Waals surface area contributed by atoms with Crippen LogP contribution in [0.5, 0.6) is 5.75 Å². The molecule has 6 aromatic rings. The smallest absolute Gasteiger partial charge is 0.245 e. The lowest BCUT2D eigenvalue weighted by Gasteiger charge is -2.36. The number of nitrogens with zero attached hydrogens (tertiary/aromatic N) is 6. The molecule has 16 amide bonds. The van der Waals surface area contributed by atoms with E-state index in [2.05, 4.69) is 73.1 Å². The van der Waals surface area contributed by atoms with Crippen LogP contribution in [0.1, 0.15) is 146 Å². The molecule has 24 N–H and O–H groups in total. The van der Waals surface area contributed by atoms with Crippen LogP contribution in [-0.4, -0.2) is 320 Å². The number of carbonyl (C=O) groups excluding carboxylic acids is 16. The van der Waals surface area contributed by atoms with E-state index in [0.717, 1.165) is 21.6 Å². The lowest BCUT2D eigenvalue weighted by Crippen LogP contribution is -2.61. The van der Waals surface area contributed by atoms with Crippen molar-refractivity contribution in [3.8, 4) is 5.75 Å². The number of para-hydroxylation sites is 2. The number of ether oxygens (including phenoxy) is 1. The maximum atomic E-state index is 15.8. The van der Waals surface area contributed by atoms with Gasteiger partial charge in [0.2, 0.25) is 94.5 Å². The van der Waals surface area contributed by atoms with Crippen LogP contribution >= 0.6 is 11.8 Å². The zero-order valence-corrected chi connectivity index (χ0v) is 78.6. The number of likely N-dealkylation sites (N-methyl/N-ethyl adjacent to an activating group) is 3. The number of hydrogen-bond donors (Lipinski definition) is 19. The SMILES string of the molecule is CCCC[C@H]1C(=O)N(C)[C@@H](CCCC)C(=O)N[C@@H](CCCN)C(=O)N[C@H](C(=O)NCC(N)=O)CSCC(=O)N[C@@H](Cc2ccc(OC)cc2)C(=O)N(C)[C@@H](C)C(=O)N[C@@H](CCN)C(=O)N2CCC[C@H]2C(=O)N[C@@H](Cc2cnc[nH]2)C(=O)N[C@@H](CCCCN)C(=O)N2C[C@H](O)C[C@H]2C(=O)N[C@@H](Cc2c[nH]c3ccccc23)C(=O)N[C@@H](CCN)C(=O)N[C@@H](Cc2c[nH]c3ccccc23)C(=O)N1C. The topological polar surface area (TPSA) is 629 Å². The van der Waals surface area contributed by atoms with Crippen LogP contribution in [0.25, 0.3) is 21.8 Å². The average Bonchev–Trinajstić information content (AvgIpc) is 1.46. The number of hydrogen-bond acceptors (Lipinski definition) is 24. The van der Waals surface area contributed by atoms with Crippen molar-refractivity contribution in [1.29, 1.82) is 0 Å². The molecule has 3 saturated heterocycles. The minimum Gasteiger partial charge on any atom is -0.497 e. The number of primary amides is 1. The number of fused-ring (bicyclic) bond motifs is 4. The van der Waals surface area contributed by atoms with Crippen LogP contribution in [-0.2, 0) is 102 Å². The third kappa shape index (κ3) is 29.5. The molecule has 135 heavy (non-hydrogen) atoms. The van der Waals surface area contributed by atoms with E-state index in [0.29, 0.717) is 82.0 Å². The van der Waals surface area contributed by atoms with Crippen molar-refractivity contribution in [3.05, 3.63) is 120 Å². The molecule has 0 bridgehead atoms. The summed E-state index contributed by atoms with van der Waals surface area (Å²) in [6.07, 6.45) is 5.98. The van der Waals surface area contributed by atoms with Crippen LogP contribution in [0.4, 0.5) is 0 Å². The Morgan fingerprint density at radius 3 is 1.62 bits per heavy atom. The molecule has 3 aromatic heterocycles. The second-order valence-electron chi connectivity index (χ2n) is 34.6. The minimum atomic E-state index is -1.57. The number of aliphatic hydroxyl groups excluding tert-OH is 1. The summed E-state index contributed by atoms with van der Waals surface area (Å²) in [5.41, 5.74) is 33.2. The Morgan fingerprint density at radius 2 is 1.01 bits per heavy atom. The summed E-state index contributed by atoms with van der Waals surface area (Å²) in [5.74, 6) is -13.8. The highest BCUT2D eigenvalue weighted by Gasteiger charge is 2.47. The molecule has 15 atom stereocenters. The molecule has 3 aromatic carbocycles. The van der Waals surface area contributed by atoms with Gasteiger partial charge in [-0.05, 0) is 145 Å². The van der Waals surface area contributed by atoms with Crippen molar-refractivity contribution in [3.63, 3.8) is 0 Å². The Hall–Kier alpha value is -12.6. The van der Waals surface area contributed by atoms with Gasteiger partial charge >= 0.3 is 0 Å². The number of carbonyl (C=O) groups is 16. The van der Waals surface area contributed by atoms with Gasteiger partial charge in [-0.15, -0.1) is 11.8 Å². The average molecular weight is 1900 g/mol. The van der Waals surface area contributed by atoms with Gasteiger partial charge in [0.1, 0.15) is 90.3 Å². The summed E-state index contributed by atoms with van der Waals surface area (Å²) in [4.78, 5) is 258. The maximum absolute atomic E-state index is 15.8. The van der Waals surface area contributed by atoms with Crippen molar-refractivity contribution in [2.24, 2.45) is 28.7 Å². The monoisotopic (exact) mass is 1900 g/mol. The van der Waals surface area contributed by atoms with Crippen LogP contribution in [0, 0.1) is 0 Å². The summed E-state index contributed by atoms with van der Waals surface area (Å²) < 4.78 is 5.37. The molecule has 0 saturated carbocycles. The molecule has 0 radical (unpaired) electrons. The number of aromatic nitrogens is 4. The molecule has 43 heteroatoms. The van der Waals surface area contributed by atoms with Gasteiger partial charge in [-0.25, -0.2) is 4.98 Å². The van der Waals surface area contributed by atoms with E-state index in [9.17, 15) is 43.5 Å². The summed E-state index contributed by atoms with van der Waals surface area (Å²) in [5, 5.41) is 40.4. The fraction of sp³-hybridized carbons (Fsp3) is 0.554. The number of aromatic amines is 3. The maximum Gasteiger partial charge on any atom is 0.245 e. The van der Waals surface area contributed by atoms with Crippen LogP contribution in [0.2, 0.25) is 0 Å². The van der Waals surface area contributed by atoms with Crippen molar-refractivity contribution in [2.75, 3.05) is 85.6 Å². The lowest BCUT2D eigenvalue weighted by atomic mass is 9.99. The largest absolute Gasteiger partial charge is 0.497 e. The van der Waals surface area contributed by atoms with Gasteiger partial charge in [-0.2, -0.15) is 0 Å². The van der Waals surface area contributed by atoms with E-state index in [1.165, 1.54) is 62.4 Å². The first-order valence-electron chi connectivity index (χ1n) is 46.2. The number of methoxy groups -OCH3 is 1. The molecule has 3 aliphatic heterocycles. The van der Waals surface area contributed by atoms with Gasteiger partial charge < -0.3 is 131 Å². The molecule has 3 aliphatic rings. The quantitative estimate of drug-likeness (QED) is 0.0221. The number of thioether (sulfide) groups is 1. The van der Waals surface area contributed by atoms with E-state index in [-0.39, 0.29) is 135 Å². The summed E-state index contributed by atoms with van der Waals surface area (Å²) in [6, 6.07) is 0.826. The number of aliphatic hydroxyl groups is 1. The second-order valence-corrected chi connectivity index (χ2v) is 35.6. The first kappa shape index (κ1) is 106. The van der Waals surface area contributed by atoms with Gasteiger partial charge in [0.25, 0.3) is 0 Å². The highest BCUT2D eigenvalue weighted by atomic mass is 32.2. The normalized spacial score (nSPS) is 24.8. The van der Waals surface area contributed by atoms with Crippen LogP contribution < -0.4 is 86.6 Å². The molecule has 42 nitrogen and oxygen atoms in total. The molecule has 0 unspecified atom stereocenters. The van der Waals surface area contributed by atoms with E-state index >= 15 is 38.4 Å². The Balaban J connectivity index is 1.10. The molecular formula is C92H134N24O18S. The van der Waals surface area contributed by atoms with Gasteiger partial charge in [0.05, 0.1) is 31.8 Å². The van der Waals surface area contributed by atoms with E-state index in [1.54, 1.807) is 73.1 Å². The number of amides is 16. The number of benzene rings is 3. The Morgan fingerprint density at radius 1 is 0.504 bits per heavy atom. The zero-order chi connectivity index (χ0) is 98.1. The summed E-state index contributed by atoms with van der Waals surface area (Å²) >= 11 is 0.832. The predicted octanol–water partition coefficient (Wildman–Crippen LogP) is -2.24. The first-order chi connectivity index (χ1) is 64.8. The summed E-state index contributed by atoms with van der Waals surface area (Å²) in [6.45, 7) is 3.86. The number of imidazole rings is 1. The highest BCUT2D eigenvalue weighted by molar-refractivity contribution is 8.00. The molecule has 6 heterocycles. The standard InChI is InChI=1S/C92H134N24O18S/c1-8-10-26-73-85(126)105-64(25-18-36-94)81(122)111-72(80(121)101-48-77(97)118)50-135-51-78(119)103-70(40-54-29-31-59(134-7)32-30-54)88(129)112(4)53(3)79(120)106-67(34-38-96)90(131)115-39-19-28-74(115)86(127)109-69(43-57-47-98-52-102-57)84(125)107-66(24-16-17-35-93)91(132)116-49-58(117)44-76(116)87(128)108-68(41-55-45-99-62-22-14-12-20-60(55)62)83(124)104-65(33-37-95)82(123)110-71(42-56-46-100-63-23-15-13-21-61(56)63)89(130)114(6)75(27-11-9-2)92(133)113(73)5/h12-15,20-23,29-32,45-47,52-53,58,64-76,99-100,117H,8-11,16-19,24-28,33-44,48-51,93-96H2,1-7H3,(H2,97,118)(H,98,102)(H,101,121)(H,103,119)(H,104,124)(H,105,126)(H,106,120)(H,107,125)(H,108,128)(H,109,127)(H,110,123)(H,111,122)/t53-,58+,64-,65-,66-,67-,68-,69-,70-,71-,72-,73-,74-,75-,76-/m0/s1. The van der Waals surface area contributed by atoms with Crippen molar-refractivity contribution in [1.82, 2.24) is 97.6 Å². The number of nitrogens with one attached hydrogen (secondary N) is 13. The molecule has 0 aliphatic carbocycles. The Labute approximate surface area is 788 Å². The number of nitrogens with two attached hydrogens (primary N) is 5. The molecule has 736 valence electrons. The van der Waals surface area contributed by atoms with Gasteiger partial charge in [-0.3, -0.25) is 76.7 Å². The molecule has 9 rings (SSSR count). The van der Waals surface area contributed by atoms with Gasteiger partial charge in [-0.1, -0.05) is 88.1 Å².